The van der Waals surface area contributed by atoms with E-state index in [0.717, 1.165) is 13.1 Å². The molecule has 2 N–H and O–H groups in total. The lowest BCUT2D eigenvalue weighted by molar-refractivity contribution is -0.115. The van der Waals surface area contributed by atoms with Crippen LogP contribution < -0.4 is 10.6 Å². The van der Waals surface area contributed by atoms with Crippen LogP contribution in [0.3, 0.4) is 0 Å². The topological polar surface area (TPSA) is 44.4 Å². The summed E-state index contributed by atoms with van der Waals surface area (Å²) in [6.07, 6.45) is 0. The van der Waals surface area contributed by atoms with Crippen LogP contribution in [-0.4, -0.2) is 44.5 Å². The second kappa shape index (κ2) is 7.36. The molecule has 4 nitrogen and oxygen atoms in total. The molecule has 0 fully saturated rings. The van der Waals surface area contributed by atoms with Gasteiger partial charge in [0, 0.05) is 13.1 Å². The maximum absolute atomic E-state index is 13.4. The molecule has 5 heteroatoms. The fourth-order valence-electron chi connectivity index (χ4n) is 2.18. The molecule has 0 spiro atoms. The van der Waals surface area contributed by atoms with Gasteiger partial charge >= 0.3 is 0 Å². The number of nitrogens with one attached hydrogen (secondary N) is 2. The number of hydrogen-bond acceptors (Lipinski definition) is 3. The van der Waals surface area contributed by atoms with Crippen molar-refractivity contribution in [1.82, 2.24) is 10.2 Å². The summed E-state index contributed by atoms with van der Waals surface area (Å²) in [7, 11) is 4.04. The van der Waals surface area contributed by atoms with Gasteiger partial charge in [0.1, 0.15) is 5.82 Å². The van der Waals surface area contributed by atoms with Crippen molar-refractivity contribution in [3.05, 3.63) is 30.1 Å². The first-order valence-corrected chi connectivity index (χ1v) is 6.70. The van der Waals surface area contributed by atoms with Crippen LogP contribution in [0.25, 0.3) is 0 Å². The van der Waals surface area contributed by atoms with Crippen molar-refractivity contribution in [1.29, 1.82) is 0 Å². The van der Waals surface area contributed by atoms with Crippen molar-refractivity contribution < 1.29 is 9.18 Å². The number of anilines is 1. The third-order valence-corrected chi connectivity index (χ3v) is 2.78. The van der Waals surface area contributed by atoms with E-state index in [9.17, 15) is 9.18 Å². The third-order valence-electron chi connectivity index (χ3n) is 2.78. The molecule has 0 aliphatic carbocycles. The van der Waals surface area contributed by atoms with Gasteiger partial charge in [0.05, 0.1) is 12.2 Å². The monoisotopic (exact) mass is 281 g/mol. The first-order valence-electron chi connectivity index (χ1n) is 6.70. The number of amides is 1. The van der Waals surface area contributed by atoms with Crippen LogP contribution in [0.5, 0.6) is 0 Å². The summed E-state index contributed by atoms with van der Waals surface area (Å²) in [5.41, 5.74) is 0.286. The Balaban J connectivity index is 2.36. The summed E-state index contributed by atoms with van der Waals surface area (Å²) in [6.45, 7) is 6.08. The van der Waals surface area contributed by atoms with Crippen LogP contribution in [0, 0.1) is 11.2 Å². The summed E-state index contributed by atoms with van der Waals surface area (Å²) in [6, 6.07) is 6.14. The molecule has 0 aliphatic rings. The highest BCUT2D eigenvalue weighted by atomic mass is 19.1. The van der Waals surface area contributed by atoms with Crippen molar-refractivity contribution in [2.24, 2.45) is 5.41 Å². The van der Waals surface area contributed by atoms with Gasteiger partial charge in [0.25, 0.3) is 0 Å². The zero-order valence-corrected chi connectivity index (χ0v) is 12.7. The largest absolute Gasteiger partial charge is 0.322 e. The normalized spacial score (nSPS) is 11.7. The number of carbonyl (C=O) groups excluding carboxylic acids is 1. The predicted octanol–water partition coefficient (Wildman–Crippen LogP) is 1.94. The van der Waals surface area contributed by atoms with Crippen LogP contribution in [0.15, 0.2) is 24.3 Å². The van der Waals surface area contributed by atoms with E-state index in [0.29, 0.717) is 0 Å². The van der Waals surface area contributed by atoms with Crippen molar-refractivity contribution >= 4 is 11.6 Å². The Labute approximate surface area is 120 Å². The van der Waals surface area contributed by atoms with Gasteiger partial charge in [-0.3, -0.25) is 4.79 Å². The third kappa shape index (κ3) is 6.12. The van der Waals surface area contributed by atoms with Crippen molar-refractivity contribution in [2.75, 3.05) is 39.0 Å². The maximum Gasteiger partial charge on any atom is 0.238 e. The van der Waals surface area contributed by atoms with Crippen LogP contribution in [0.4, 0.5) is 10.1 Å². The van der Waals surface area contributed by atoms with Gasteiger partial charge in [0.15, 0.2) is 0 Å². The highest BCUT2D eigenvalue weighted by molar-refractivity contribution is 5.92. The van der Waals surface area contributed by atoms with E-state index < -0.39 is 5.82 Å². The number of halogens is 1. The van der Waals surface area contributed by atoms with E-state index in [1.165, 1.54) is 6.07 Å². The summed E-state index contributed by atoms with van der Waals surface area (Å²) in [5, 5.41) is 5.66. The fourth-order valence-corrected chi connectivity index (χ4v) is 2.18. The maximum atomic E-state index is 13.4. The second-order valence-electron chi connectivity index (χ2n) is 6.03. The minimum Gasteiger partial charge on any atom is -0.322 e. The van der Waals surface area contributed by atoms with Gasteiger partial charge in [-0.2, -0.15) is 0 Å². The molecule has 112 valence electrons. The first kappa shape index (κ1) is 16.6. The molecule has 1 rings (SSSR count). The number of benzene rings is 1. The van der Waals surface area contributed by atoms with Gasteiger partial charge < -0.3 is 15.5 Å². The molecule has 0 atom stereocenters. The molecule has 1 aromatic rings. The standard InChI is InChI=1S/C15H24FN3O/c1-15(2,11-19(3)4)10-17-9-14(20)18-13-8-6-5-7-12(13)16/h5-8,17H,9-11H2,1-4H3,(H,18,20). The van der Waals surface area contributed by atoms with Gasteiger partial charge in [-0.1, -0.05) is 26.0 Å². The Hall–Kier alpha value is -1.46. The van der Waals surface area contributed by atoms with E-state index in [-0.39, 0.29) is 23.6 Å². The van der Waals surface area contributed by atoms with Gasteiger partial charge in [-0.25, -0.2) is 4.39 Å². The zero-order valence-electron chi connectivity index (χ0n) is 12.7. The molecule has 1 amide bonds. The lowest BCUT2D eigenvalue weighted by Gasteiger charge is -2.28. The Bertz CT molecular complexity index is 446. The average Bonchev–Trinajstić information content (AvgIpc) is 2.30. The Morgan fingerprint density at radius 3 is 2.55 bits per heavy atom. The van der Waals surface area contributed by atoms with Crippen molar-refractivity contribution in [3.8, 4) is 0 Å². The molecule has 0 radical (unpaired) electrons. The van der Waals surface area contributed by atoms with Crippen molar-refractivity contribution in [3.63, 3.8) is 0 Å². The van der Waals surface area contributed by atoms with E-state index in [4.69, 9.17) is 0 Å². The molecule has 0 saturated carbocycles. The van der Waals surface area contributed by atoms with Crippen LogP contribution in [0.2, 0.25) is 0 Å². The van der Waals surface area contributed by atoms with E-state index in [1.54, 1.807) is 18.2 Å². The predicted molar refractivity (Wildman–Crippen MR) is 80.2 cm³/mol. The molecular formula is C15H24FN3O. The van der Waals surface area contributed by atoms with Gasteiger partial charge in [-0.05, 0) is 31.6 Å². The summed E-state index contributed by atoms with van der Waals surface area (Å²) in [4.78, 5) is 13.8. The number of carbonyl (C=O) groups is 1. The van der Waals surface area contributed by atoms with E-state index >= 15 is 0 Å². The quantitative estimate of drug-likeness (QED) is 0.803. The number of nitrogens with zero attached hydrogens (tertiary/aromatic N) is 1. The summed E-state index contributed by atoms with van der Waals surface area (Å²) >= 11 is 0. The molecule has 1 aromatic carbocycles. The van der Waals surface area contributed by atoms with E-state index in [2.05, 4.69) is 29.4 Å². The SMILES string of the molecule is CN(C)CC(C)(C)CNCC(=O)Nc1ccccc1F. The Morgan fingerprint density at radius 1 is 1.30 bits per heavy atom. The lowest BCUT2D eigenvalue weighted by atomic mass is 9.93. The Morgan fingerprint density at radius 2 is 1.95 bits per heavy atom. The smallest absolute Gasteiger partial charge is 0.238 e. The molecule has 0 saturated heterocycles. The highest BCUT2D eigenvalue weighted by Crippen LogP contribution is 2.14. The lowest BCUT2D eigenvalue weighted by Crippen LogP contribution is -2.40. The van der Waals surface area contributed by atoms with E-state index in [1.807, 2.05) is 14.1 Å². The van der Waals surface area contributed by atoms with Crippen LogP contribution >= 0.6 is 0 Å². The molecule has 0 aromatic heterocycles. The zero-order chi connectivity index (χ0) is 15.2. The second-order valence-corrected chi connectivity index (χ2v) is 6.03. The average molecular weight is 281 g/mol. The van der Waals surface area contributed by atoms with Gasteiger partial charge in [-0.15, -0.1) is 0 Å². The minimum atomic E-state index is -0.422. The highest BCUT2D eigenvalue weighted by Gasteiger charge is 2.18. The molecular weight excluding hydrogens is 257 g/mol. The summed E-state index contributed by atoms with van der Waals surface area (Å²) < 4.78 is 13.4. The van der Waals surface area contributed by atoms with Crippen molar-refractivity contribution in [2.45, 2.75) is 13.8 Å². The molecule has 0 aliphatic heterocycles. The van der Waals surface area contributed by atoms with Gasteiger partial charge in [0.2, 0.25) is 5.91 Å². The fraction of sp³-hybridized carbons (Fsp3) is 0.533. The first-order chi connectivity index (χ1) is 9.30. The van der Waals surface area contributed by atoms with Crippen LogP contribution in [0.1, 0.15) is 13.8 Å². The molecule has 20 heavy (non-hydrogen) atoms. The minimum absolute atomic E-state index is 0.0712. The Kier molecular flexibility index (Phi) is 6.10. The molecule has 0 unspecified atom stereocenters. The summed E-state index contributed by atoms with van der Waals surface area (Å²) in [5.74, 6) is -0.662. The number of rotatable bonds is 7. The number of hydrogen-bond donors (Lipinski definition) is 2. The number of para-hydroxylation sites is 1. The van der Waals surface area contributed by atoms with Crippen LogP contribution in [-0.2, 0) is 4.79 Å². The molecule has 0 heterocycles. The molecule has 0 bridgehead atoms.